The van der Waals surface area contributed by atoms with Crippen LogP contribution in [-0.2, 0) is 19.5 Å². The Balaban J connectivity index is 2.39. The maximum absolute atomic E-state index is 12.8. The van der Waals surface area contributed by atoms with E-state index in [1.807, 2.05) is 0 Å². The van der Waals surface area contributed by atoms with Gasteiger partial charge in [-0.3, -0.25) is 4.79 Å². The van der Waals surface area contributed by atoms with E-state index in [2.05, 4.69) is 10.0 Å². The number of nitrogens with one attached hydrogen (secondary N) is 2. The van der Waals surface area contributed by atoms with Gasteiger partial charge >= 0.3 is 0 Å². The van der Waals surface area contributed by atoms with Crippen molar-refractivity contribution in [2.75, 3.05) is 32.1 Å². The Labute approximate surface area is 141 Å². The first kappa shape index (κ1) is 20.5. The number of hydrogen-bond donors (Lipinski definition) is 2. The van der Waals surface area contributed by atoms with Gasteiger partial charge in [-0.25, -0.2) is 17.5 Å². The molecule has 24 heavy (non-hydrogen) atoms. The summed E-state index contributed by atoms with van der Waals surface area (Å²) in [6, 6.07) is 4.97. The molecule has 0 aromatic heterocycles. The summed E-state index contributed by atoms with van der Waals surface area (Å²) in [5.74, 6) is -1.20. The monoisotopic (exact) mass is 362 g/mol. The van der Waals surface area contributed by atoms with Gasteiger partial charge in [0.2, 0.25) is 10.0 Å². The summed E-state index contributed by atoms with van der Waals surface area (Å²) in [4.78, 5) is 11.8. The van der Waals surface area contributed by atoms with Crippen molar-refractivity contribution in [3.63, 3.8) is 0 Å². The Kier molecular flexibility index (Phi) is 8.83. The van der Waals surface area contributed by atoms with E-state index >= 15 is 0 Å². The molecule has 0 aliphatic rings. The molecule has 1 amide bonds. The molecular formula is C15H23FN2O5S. The van der Waals surface area contributed by atoms with Crippen molar-refractivity contribution in [1.82, 2.24) is 10.0 Å². The fraction of sp³-hybridized carbons (Fsp3) is 0.533. The van der Waals surface area contributed by atoms with Crippen LogP contribution in [0.5, 0.6) is 0 Å². The predicted octanol–water partition coefficient (Wildman–Crippen LogP) is 0.874. The van der Waals surface area contributed by atoms with Gasteiger partial charge in [0.05, 0.1) is 12.3 Å². The van der Waals surface area contributed by atoms with Crippen LogP contribution in [0.4, 0.5) is 4.39 Å². The number of halogens is 1. The molecule has 0 fully saturated rings. The molecule has 1 aromatic rings. The molecule has 0 atom stereocenters. The Morgan fingerprint density at radius 2 is 1.75 bits per heavy atom. The maximum atomic E-state index is 12.8. The van der Waals surface area contributed by atoms with E-state index < -0.39 is 28.0 Å². The molecular weight excluding hydrogens is 339 g/mol. The quantitative estimate of drug-likeness (QED) is 0.570. The highest BCUT2D eigenvalue weighted by Crippen LogP contribution is 2.02. The lowest BCUT2D eigenvalue weighted by atomic mass is 10.2. The first-order valence-corrected chi connectivity index (χ1v) is 9.27. The molecule has 136 valence electrons. The number of hydrogen-bond acceptors (Lipinski definition) is 5. The molecule has 1 rings (SSSR count). The van der Waals surface area contributed by atoms with Crippen LogP contribution in [0.25, 0.3) is 0 Å². The molecule has 0 saturated carbocycles. The van der Waals surface area contributed by atoms with E-state index in [0.29, 0.717) is 13.2 Å². The fourth-order valence-corrected chi connectivity index (χ4v) is 2.71. The Hall–Kier alpha value is -1.55. The summed E-state index contributed by atoms with van der Waals surface area (Å²) < 4.78 is 49.4. The van der Waals surface area contributed by atoms with E-state index in [4.69, 9.17) is 9.47 Å². The highest BCUT2D eigenvalue weighted by Gasteiger charge is 2.15. The zero-order valence-corrected chi connectivity index (χ0v) is 14.6. The van der Waals surface area contributed by atoms with Gasteiger partial charge in [-0.05, 0) is 38.1 Å². The van der Waals surface area contributed by atoms with Crippen LogP contribution in [0.1, 0.15) is 24.2 Å². The van der Waals surface area contributed by atoms with Crippen molar-refractivity contribution in [3.8, 4) is 0 Å². The van der Waals surface area contributed by atoms with Crippen molar-refractivity contribution >= 4 is 15.9 Å². The highest BCUT2D eigenvalue weighted by atomic mass is 32.2. The summed E-state index contributed by atoms with van der Waals surface area (Å²) >= 11 is 0. The van der Waals surface area contributed by atoms with Gasteiger partial charge in [0.1, 0.15) is 5.82 Å². The molecule has 0 radical (unpaired) electrons. The van der Waals surface area contributed by atoms with Gasteiger partial charge in [-0.1, -0.05) is 0 Å². The number of rotatable bonds is 11. The summed E-state index contributed by atoms with van der Waals surface area (Å²) in [6.45, 7) is 4.30. The third-order valence-corrected chi connectivity index (χ3v) is 4.29. The first-order valence-electron chi connectivity index (χ1n) is 7.62. The van der Waals surface area contributed by atoms with Crippen LogP contribution in [0.2, 0.25) is 0 Å². The Morgan fingerprint density at radius 3 is 2.29 bits per heavy atom. The molecule has 7 nitrogen and oxygen atoms in total. The first-order chi connectivity index (χ1) is 11.4. The minimum atomic E-state index is -3.58. The highest BCUT2D eigenvalue weighted by molar-refractivity contribution is 7.89. The predicted molar refractivity (Wildman–Crippen MR) is 87.6 cm³/mol. The van der Waals surface area contributed by atoms with Gasteiger partial charge in [-0.15, -0.1) is 0 Å². The van der Waals surface area contributed by atoms with E-state index in [1.165, 1.54) is 12.1 Å². The average Bonchev–Trinajstić information content (AvgIpc) is 2.53. The summed E-state index contributed by atoms with van der Waals surface area (Å²) in [6.07, 6.45) is -0.649. The zero-order valence-electron chi connectivity index (χ0n) is 13.7. The van der Waals surface area contributed by atoms with Crippen molar-refractivity contribution in [3.05, 3.63) is 35.6 Å². The lowest BCUT2D eigenvalue weighted by Crippen LogP contribution is -2.39. The normalized spacial score (nSPS) is 11.7. The standard InChI is InChI=1S/C15H23FN2O5S/c1-3-22-14(23-4-2)11-18-24(20,21)10-9-17-15(19)12-5-7-13(16)8-6-12/h5-8,14,18H,3-4,9-11H2,1-2H3,(H,17,19). The number of ether oxygens (including phenoxy) is 2. The third-order valence-electron chi connectivity index (χ3n) is 2.94. The SMILES string of the molecule is CCOC(CNS(=O)(=O)CCNC(=O)c1ccc(F)cc1)OCC. The van der Waals surface area contributed by atoms with Crippen LogP contribution in [0.3, 0.4) is 0 Å². The molecule has 9 heteroatoms. The van der Waals surface area contributed by atoms with Crippen LogP contribution < -0.4 is 10.0 Å². The van der Waals surface area contributed by atoms with Crippen LogP contribution >= 0.6 is 0 Å². The largest absolute Gasteiger partial charge is 0.352 e. The van der Waals surface area contributed by atoms with E-state index in [9.17, 15) is 17.6 Å². The molecule has 0 heterocycles. The van der Waals surface area contributed by atoms with Gasteiger partial charge in [0.25, 0.3) is 5.91 Å². The van der Waals surface area contributed by atoms with E-state index in [0.717, 1.165) is 12.1 Å². The number of carbonyl (C=O) groups is 1. The molecule has 2 N–H and O–H groups in total. The molecule has 0 bridgehead atoms. The summed E-state index contributed by atoms with van der Waals surface area (Å²) in [5.41, 5.74) is 0.259. The van der Waals surface area contributed by atoms with Gasteiger partial charge in [0, 0.05) is 25.3 Å². The number of amides is 1. The van der Waals surface area contributed by atoms with Crippen molar-refractivity contribution in [2.24, 2.45) is 0 Å². The summed E-state index contributed by atoms with van der Waals surface area (Å²) in [7, 11) is -3.58. The topological polar surface area (TPSA) is 93.7 Å². The second kappa shape index (κ2) is 10.3. The smallest absolute Gasteiger partial charge is 0.251 e. The average molecular weight is 362 g/mol. The fourth-order valence-electron chi connectivity index (χ4n) is 1.81. The molecule has 0 aliphatic carbocycles. The molecule has 0 saturated heterocycles. The minimum absolute atomic E-state index is 0.00405. The molecule has 0 aliphatic heterocycles. The van der Waals surface area contributed by atoms with Gasteiger partial charge in [-0.2, -0.15) is 0 Å². The maximum Gasteiger partial charge on any atom is 0.251 e. The van der Waals surface area contributed by atoms with E-state index in [-0.39, 0.29) is 24.4 Å². The molecule has 1 aromatic carbocycles. The number of benzene rings is 1. The van der Waals surface area contributed by atoms with Gasteiger partial charge < -0.3 is 14.8 Å². The Bertz CT molecular complexity index is 601. The summed E-state index contributed by atoms with van der Waals surface area (Å²) in [5, 5.41) is 2.47. The molecule has 0 spiro atoms. The van der Waals surface area contributed by atoms with Crippen LogP contribution in [0.15, 0.2) is 24.3 Å². The van der Waals surface area contributed by atoms with Crippen molar-refractivity contribution < 1.29 is 27.1 Å². The second-order valence-corrected chi connectivity index (χ2v) is 6.70. The minimum Gasteiger partial charge on any atom is -0.352 e. The second-order valence-electron chi connectivity index (χ2n) is 4.77. The Morgan fingerprint density at radius 1 is 1.17 bits per heavy atom. The lowest BCUT2D eigenvalue weighted by Gasteiger charge is -2.17. The van der Waals surface area contributed by atoms with Crippen molar-refractivity contribution in [1.29, 1.82) is 0 Å². The van der Waals surface area contributed by atoms with Crippen LogP contribution in [-0.4, -0.2) is 52.7 Å². The van der Waals surface area contributed by atoms with Gasteiger partial charge in [0.15, 0.2) is 6.29 Å². The number of sulfonamides is 1. The van der Waals surface area contributed by atoms with Crippen molar-refractivity contribution in [2.45, 2.75) is 20.1 Å². The van der Waals surface area contributed by atoms with Crippen LogP contribution in [0, 0.1) is 5.82 Å². The lowest BCUT2D eigenvalue weighted by molar-refractivity contribution is -0.130. The third kappa shape index (κ3) is 7.82. The number of carbonyl (C=O) groups excluding carboxylic acids is 1. The molecule has 0 unspecified atom stereocenters. The zero-order chi connectivity index (χ0) is 18.0. The van der Waals surface area contributed by atoms with E-state index in [1.54, 1.807) is 13.8 Å².